The summed E-state index contributed by atoms with van der Waals surface area (Å²) < 4.78 is 17.2. The highest BCUT2D eigenvalue weighted by Gasteiger charge is 2.33. The molecule has 2 atom stereocenters. The lowest BCUT2D eigenvalue weighted by Gasteiger charge is -2.34. The van der Waals surface area contributed by atoms with Gasteiger partial charge in [-0.3, -0.25) is 23.9 Å². The highest BCUT2D eigenvalue weighted by atomic mass is 19.1. The van der Waals surface area contributed by atoms with Gasteiger partial charge in [0, 0.05) is 51.9 Å². The third-order valence-electron chi connectivity index (χ3n) is 8.98. The molecule has 2 heterocycles. The zero-order chi connectivity index (χ0) is 33.2. The van der Waals surface area contributed by atoms with Crippen LogP contribution in [0.15, 0.2) is 30.5 Å². The zero-order valence-electron chi connectivity index (χ0n) is 27.7. The van der Waals surface area contributed by atoms with Crippen LogP contribution in [-0.4, -0.2) is 89.0 Å². The maximum atomic E-state index is 15.5. The molecule has 11 nitrogen and oxygen atoms in total. The van der Waals surface area contributed by atoms with Crippen LogP contribution in [0.5, 0.6) is 0 Å². The summed E-state index contributed by atoms with van der Waals surface area (Å²) in [7, 11) is 2.01. The number of nitrogens with one attached hydrogen (secondary N) is 3. The van der Waals surface area contributed by atoms with Crippen molar-refractivity contribution < 1.29 is 23.6 Å². The normalized spacial score (nSPS) is 17.4. The molecule has 12 heteroatoms. The van der Waals surface area contributed by atoms with Crippen LogP contribution in [0.1, 0.15) is 75.3 Å². The summed E-state index contributed by atoms with van der Waals surface area (Å²) in [6.45, 7) is 9.31. The van der Waals surface area contributed by atoms with E-state index in [4.69, 9.17) is 0 Å². The maximum absolute atomic E-state index is 15.5. The number of aromatic nitrogens is 2. The average Bonchev–Trinajstić information content (AvgIpc) is 3.50. The minimum absolute atomic E-state index is 0.00916. The lowest BCUT2D eigenvalue weighted by Crippen LogP contribution is -2.51. The lowest BCUT2D eigenvalue weighted by molar-refractivity contribution is -0.137. The topological polar surface area (TPSA) is 129 Å². The van der Waals surface area contributed by atoms with Gasteiger partial charge in [0.05, 0.1) is 11.6 Å². The number of likely N-dealkylation sites (N-methyl/N-ethyl adjacent to an activating group) is 1. The van der Waals surface area contributed by atoms with Crippen molar-refractivity contribution in [2.75, 3.05) is 45.1 Å². The molecule has 2 aromatic rings. The van der Waals surface area contributed by atoms with Crippen molar-refractivity contribution in [1.29, 1.82) is 0 Å². The van der Waals surface area contributed by atoms with Crippen molar-refractivity contribution in [1.82, 2.24) is 30.2 Å². The number of carbonyl (C=O) groups is 4. The highest BCUT2D eigenvalue weighted by Crippen LogP contribution is 2.28. The minimum atomic E-state index is -0.831. The Morgan fingerprint density at radius 3 is 2.39 bits per heavy atom. The van der Waals surface area contributed by atoms with Crippen LogP contribution in [-0.2, 0) is 27.3 Å². The number of amides is 4. The SMILES string of the molecule is CCC(=O)NC[C@H](Cc1ccc(NC(=O)[C@@H](NC(=O)c2ccnn2CC(C)C)C2CCCCC2)c(F)c1)C(=O)N1CCN(C)CC1. The Kier molecular flexibility index (Phi) is 12.7. The molecule has 1 aliphatic heterocycles. The fourth-order valence-corrected chi connectivity index (χ4v) is 6.27. The Morgan fingerprint density at radius 1 is 1.02 bits per heavy atom. The summed E-state index contributed by atoms with van der Waals surface area (Å²) in [4.78, 5) is 56.4. The van der Waals surface area contributed by atoms with Crippen molar-refractivity contribution in [2.24, 2.45) is 17.8 Å². The molecule has 4 rings (SSSR count). The molecule has 46 heavy (non-hydrogen) atoms. The fourth-order valence-electron chi connectivity index (χ4n) is 6.27. The van der Waals surface area contributed by atoms with Gasteiger partial charge in [-0.05, 0) is 61.9 Å². The van der Waals surface area contributed by atoms with Crippen molar-refractivity contribution in [2.45, 2.75) is 78.3 Å². The molecule has 0 spiro atoms. The molecule has 252 valence electrons. The summed E-state index contributed by atoms with van der Waals surface area (Å²) in [6, 6.07) is 5.34. The second-order valence-corrected chi connectivity index (χ2v) is 13.1. The molecular formula is C34H50FN7O4. The van der Waals surface area contributed by atoms with E-state index in [0.29, 0.717) is 37.3 Å². The van der Waals surface area contributed by atoms with Crippen LogP contribution in [0.4, 0.5) is 10.1 Å². The van der Waals surface area contributed by atoms with Gasteiger partial charge < -0.3 is 25.8 Å². The number of hydrogen-bond acceptors (Lipinski definition) is 6. The highest BCUT2D eigenvalue weighted by molar-refractivity contribution is 6.00. The van der Waals surface area contributed by atoms with E-state index in [1.165, 1.54) is 12.1 Å². The van der Waals surface area contributed by atoms with E-state index in [9.17, 15) is 19.2 Å². The quantitative estimate of drug-likeness (QED) is 0.308. The van der Waals surface area contributed by atoms with Crippen molar-refractivity contribution >= 4 is 29.3 Å². The van der Waals surface area contributed by atoms with E-state index >= 15 is 4.39 Å². The van der Waals surface area contributed by atoms with Gasteiger partial charge in [-0.25, -0.2) is 4.39 Å². The second-order valence-electron chi connectivity index (χ2n) is 13.1. The number of rotatable bonds is 13. The fraction of sp³-hybridized carbons (Fsp3) is 0.618. The molecule has 1 aromatic heterocycles. The largest absolute Gasteiger partial charge is 0.355 e. The molecule has 2 fully saturated rings. The van der Waals surface area contributed by atoms with E-state index in [1.54, 1.807) is 29.9 Å². The van der Waals surface area contributed by atoms with Crippen LogP contribution < -0.4 is 16.0 Å². The summed E-state index contributed by atoms with van der Waals surface area (Å²) in [5.41, 5.74) is 0.979. The van der Waals surface area contributed by atoms with Gasteiger partial charge in [-0.1, -0.05) is 46.1 Å². The molecule has 1 saturated carbocycles. The van der Waals surface area contributed by atoms with Gasteiger partial charge in [-0.2, -0.15) is 5.10 Å². The van der Waals surface area contributed by atoms with E-state index < -0.39 is 23.7 Å². The number of anilines is 1. The van der Waals surface area contributed by atoms with Gasteiger partial charge in [0.15, 0.2) is 0 Å². The number of carbonyl (C=O) groups excluding carboxylic acids is 4. The van der Waals surface area contributed by atoms with Gasteiger partial charge in [0.25, 0.3) is 5.91 Å². The van der Waals surface area contributed by atoms with Crippen molar-refractivity contribution in [3.63, 3.8) is 0 Å². The predicted molar refractivity (Wildman–Crippen MR) is 174 cm³/mol. The number of piperazine rings is 1. The Morgan fingerprint density at radius 2 is 1.74 bits per heavy atom. The van der Waals surface area contributed by atoms with Crippen LogP contribution in [0, 0.1) is 23.6 Å². The second kappa shape index (κ2) is 16.7. The predicted octanol–water partition coefficient (Wildman–Crippen LogP) is 3.45. The molecule has 0 unspecified atom stereocenters. The molecule has 0 radical (unpaired) electrons. The van der Waals surface area contributed by atoms with Crippen LogP contribution >= 0.6 is 0 Å². The van der Waals surface area contributed by atoms with Crippen LogP contribution in [0.25, 0.3) is 0 Å². The third kappa shape index (κ3) is 9.60. The molecule has 2 aliphatic rings. The van der Waals surface area contributed by atoms with Gasteiger partial charge >= 0.3 is 0 Å². The summed E-state index contributed by atoms with van der Waals surface area (Å²) in [6.07, 6.45) is 6.72. The smallest absolute Gasteiger partial charge is 0.270 e. The van der Waals surface area contributed by atoms with Gasteiger partial charge in [0.2, 0.25) is 17.7 Å². The summed E-state index contributed by atoms with van der Waals surface area (Å²) in [5.74, 6) is -2.02. The zero-order valence-corrected chi connectivity index (χ0v) is 27.7. The van der Waals surface area contributed by atoms with E-state index in [-0.39, 0.29) is 48.2 Å². The Bertz CT molecular complexity index is 1350. The minimum Gasteiger partial charge on any atom is -0.355 e. The van der Waals surface area contributed by atoms with Crippen molar-refractivity contribution in [3.05, 3.63) is 47.5 Å². The number of hydrogen-bond donors (Lipinski definition) is 3. The van der Waals surface area contributed by atoms with Crippen LogP contribution in [0.2, 0.25) is 0 Å². The molecule has 1 saturated heterocycles. The number of halogens is 1. The standard InChI is InChI=1S/C34H50FN7O4/c1-5-30(43)36-21-26(34(46)41-17-15-40(4)16-18-41)19-24-11-12-28(27(35)20-24)38-33(45)31(25-9-7-6-8-10-25)39-32(44)29-13-14-37-42(29)22-23(2)3/h11-14,20,23,25-26,31H,5-10,15-19,21-22H2,1-4H3,(H,36,43)(H,38,45)(H,39,44)/t26-,31-/m0/s1. The first-order chi connectivity index (χ1) is 22.0. The first-order valence-electron chi connectivity index (χ1n) is 16.7. The molecule has 4 amide bonds. The van der Waals surface area contributed by atoms with E-state index in [0.717, 1.165) is 45.2 Å². The first kappa shape index (κ1) is 35.1. The van der Waals surface area contributed by atoms with Gasteiger partial charge in [-0.15, -0.1) is 0 Å². The van der Waals surface area contributed by atoms with E-state index in [1.807, 2.05) is 25.8 Å². The molecular weight excluding hydrogens is 589 g/mol. The molecule has 1 aromatic carbocycles. The molecule has 3 N–H and O–H groups in total. The number of benzene rings is 1. The first-order valence-corrected chi connectivity index (χ1v) is 16.7. The Labute approximate surface area is 271 Å². The summed E-state index contributed by atoms with van der Waals surface area (Å²) in [5, 5.41) is 12.8. The average molecular weight is 640 g/mol. The molecule has 1 aliphatic carbocycles. The van der Waals surface area contributed by atoms with Crippen molar-refractivity contribution in [3.8, 4) is 0 Å². The van der Waals surface area contributed by atoms with Gasteiger partial charge in [0.1, 0.15) is 17.6 Å². The summed E-state index contributed by atoms with van der Waals surface area (Å²) >= 11 is 0. The Hall–Kier alpha value is -3.80. The Balaban J connectivity index is 1.47. The maximum Gasteiger partial charge on any atom is 0.270 e. The monoisotopic (exact) mass is 639 g/mol. The lowest BCUT2D eigenvalue weighted by atomic mass is 9.83. The molecule has 0 bridgehead atoms. The number of nitrogens with zero attached hydrogens (tertiary/aromatic N) is 4. The van der Waals surface area contributed by atoms with Crippen LogP contribution in [0.3, 0.4) is 0 Å². The third-order valence-corrected chi connectivity index (χ3v) is 8.98. The van der Waals surface area contributed by atoms with E-state index in [2.05, 4.69) is 25.9 Å².